The molecule has 16 heteroatoms. The summed E-state index contributed by atoms with van der Waals surface area (Å²) < 4.78 is 11.6. The van der Waals surface area contributed by atoms with Crippen molar-refractivity contribution in [3.63, 3.8) is 0 Å². The SMILES string of the molecule is N#Cc1ccc(O[C@H]2CC[C@H](NC(=O)c3ccc(N4CCN(CCCCC(=O)Nc5cccc6c5ccc5onc(C7CCC(=O)NC7=O)c56)CC4)nn3)CC2)cc1Cl. The van der Waals surface area contributed by atoms with Crippen molar-refractivity contribution in [2.24, 2.45) is 0 Å². The highest BCUT2D eigenvalue weighted by atomic mass is 35.5. The Morgan fingerprint density at radius 3 is 2.53 bits per heavy atom. The van der Waals surface area contributed by atoms with Gasteiger partial charge in [0.2, 0.25) is 17.7 Å². The lowest BCUT2D eigenvalue weighted by atomic mass is 9.91. The number of ether oxygens (including phenoxy) is 1. The summed E-state index contributed by atoms with van der Waals surface area (Å²) in [6.45, 7) is 4.16. The molecule has 1 saturated carbocycles. The predicted octanol–water partition coefficient (Wildman–Crippen LogP) is 5.87. The van der Waals surface area contributed by atoms with E-state index in [1.165, 1.54) is 0 Å². The van der Waals surface area contributed by atoms with Gasteiger partial charge >= 0.3 is 0 Å². The summed E-state index contributed by atoms with van der Waals surface area (Å²) in [6.07, 6.45) is 5.75. The first kappa shape index (κ1) is 39.7. The molecule has 2 aliphatic heterocycles. The van der Waals surface area contributed by atoms with Gasteiger partial charge in [0.15, 0.2) is 17.1 Å². The molecular weight excluding hydrogens is 774 g/mol. The number of anilines is 2. The molecule has 1 unspecified atom stereocenters. The Morgan fingerprint density at radius 1 is 0.949 bits per heavy atom. The number of amides is 4. The second-order valence-corrected chi connectivity index (χ2v) is 15.7. The van der Waals surface area contributed by atoms with Crippen LogP contribution in [0.15, 0.2) is 65.2 Å². The van der Waals surface area contributed by atoms with Crippen LogP contribution in [0.1, 0.15) is 85.5 Å². The Bertz CT molecular complexity index is 2420. The number of nitrogens with zero attached hydrogens (tertiary/aromatic N) is 6. The van der Waals surface area contributed by atoms with Crippen molar-refractivity contribution < 1.29 is 28.4 Å². The lowest BCUT2D eigenvalue weighted by molar-refractivity contribution is -0.134. The lowest BCUT2D eigenvalue weighted by Gasteiger charge is -2.35. The van der Waals surface area contributed by atoms with Gasteiger partial charge in [0.05, 0.1) is 28.0 Å². The zero-order chi connectivity index (χ0) is 40.9. The molecule has 3 fully saturated rings. The van der Waals surface area contributed by atoms with Gasteiger partial charge < -0.3 is 24.8 Å². The fourth-order valence-electron chi connectivity index (χ4n) is 8.21. The zero-order valence-corrected chi connectivity index (χ0v) is 33.2. The van der Waals surface area contributed by atoms with E-state index >= 15 is 0 Å². The number of fused-ring (bicyclic) bond motifs is 3. The maximum atomic E-state index is 13.1. The number of nitrogens with one attached hydrogen (secondary N) is 3. The fraction of sp³-hybridized carbons (Fsp3) is 0.395. The van der Waals surface area contributed by atoms with Crippen LogP contribution in [-0.4, -0.2) is 88.8 Å². The number of hydrogen-bond acceptors (Lipinski definition) is 12. The third-order valence-electron chi connectivity index (χ3n) is 11.4. The number of nitriles is 1. The standard InChI is InChI=1S/C43H44ClN9O6/c44-33-24-29(10-7-26(33)25-45)58-28-11-8-27(9-12-28)46-43(57)35-15-17-37(50-49-35)53-22-20-52(21-23-53)19-2-1-6-38(54)47-34-5-3-4-31-30(34)13-16-36-40(31)41(51-59-36)32-14-18-39(55)48-42(32)56/h3-5,7,10,13,15-17,24,27-28,32H,1-2,6,8-9,11-12,14,18-23H2,(H,46,57)(H,47,54)(H,48,55,56)/t27-,28-,32?. The summed E-state index contributed by atoms with van der Waals surface area (Å²) in [7, 11) is 0. The summed E-state index contributed by atoms with van der Waals surface area (Å²) in [5, 5.41) is 33.2. The molecule has 3 aromatic carbocycles. The normalized spacial score (nSPS) is 19.9. The Kier molecular flexibility index (Phi) is 12.0. The molecule has 3 aliphatic rings. The van der Waals surface area contributed by atoms with E-state index in [2.05, 4.69) is 41.1 Å². The van der Waals surface area contributed by atoms with Crippen molar-refractivity contribution in [3.8, 4) is 11.8 Å². The summed E-state index contributed by atoms with van der Waals surface area (Å²) >= 11 is 6.14. The third-order valence-corrected chi connectivity index (χ3v) is 11.8. The number of halogens is 1. The van der Waals surface area contributed by atoms with Crippen LogP contribution in [0.4, 0.5) is 11.5 Å². The molecule has 2 saturated heterocycles. The summed E-state index contributed by atoms with van der Waals surface area (Å²) in [5.74, 6) is -0.192. The number of hydrogen-bond donors (Lipinski definition) is 3. The van der Waals surface area contributed by atoms with Crippen LogP contribution in [0.2, 0.25) is 5.02 Å². The first-order valence-corrected chi connectivity index (χ1v) is 20.5. The average Bonchev–Trinajstić information content (AvgIpc) is 3.68. The Labute approximate surface area is 345 Å². The Balaban J connectivity index is 0.748. The second kappa shape index (κ2) is 17.8. The number of rotatable bonds is 12. The van der Waals surface area contributed by atoms with Crippen molar-refractivity contribution in [3.05, 3.63) is 82.6 Å². The molecular formula is C43H44ClN9O6. The number of unbranched alkanes of at least 4 members (excludes halogenated alkanes) is 1. The van der Waals surface area contributed by atoms with E-state index in [0.29, 0.717) is 51.5 Å². The van der Waals surface area contributed by atoms with Gasteiger partial charge in [0, 0.05) is 62.2 Å². The summed E-state index contributed by atoms with van der Waals surface area (Å²) in [6, 6.07) is 20.0. The van der Waals surface area contributed by atoms with Crippen LogP contribution in [-0.2, 0) is 14.4 Å². The number of benzene rings is 3. The van der Waals surface area contributed by atoms with Gasteiger partial charge in [-0.2, -0.15) is 5.26 Å². The van der Waals surface area contributed by atoms with E-state index in [1.54, 1.807) is 30.3 Å². The Hall–Kier alpha value is -6.11. The molecule has 1 aliphatic carbocycles. The van der Waals surface area contributed by atoms with Gasteiger partial charge in [-0.1, -0.05) is 28.9 Å². The number of carbonyl (C=O) groups excluding carboxylic acids is 4. The van der Waals surface area contributed by atoms with E-state index in [1.807, 2.05) is 36.4 Å². The number of carbonyl (C=O) groups is 4. The van der Waals surface area contributed by atoms with Crippen molar-refractivity contribution in [2.75, 3.05) is 42.9 Å². The maximum absolute atomic E-state index is 13.1. The van der Waals surface area contributed by atoms with Gasteiger partial charge in [0.1, 0.15) is 17.5 Å². The molecule has 8 rings (SSSR count). The largest absolute Gasteiger partial charge is 0.490 e. The highest BCUT2D eigenvalue weighted by Crippen LogP contribution is 2.37. The van der Waals surface area contributed by atoms with Crippen LogP contribution in [0.3, 0.4) is 0 Å². The van der Waals surface area contributed by atoms with Gasteiger partial charge in [-0.15, -0.1) is 10.2 Å². The van der Waals surface area contributed by atoms with Crippen LogP contribution < -0.4 is 25.6 Å². The minimum Gasteiger partial charge on any atom is -0.490 e. The number of piperidine rings is 1. The molecule has 0 spiro atoms. The van der Waals surface area contributed by atoms with Crippen LogP contribution in [0.5, 0.6) is 5.75 Å². The van der Waals surface area contributed by atoms with Gasteiger partial charge in [0.25, 0.3) is 5.91 Å². The topological polar surface area (TPSA) is 196 Å². The smallest absolute Gasteiger partial charge is 0.272 e. The van der Waals surface area contributed by atoms with E-state index in [9.17, 15) is 19.2 Å². The molecule has 4 heterocycles. The maximum Gasteiger partial charge on any atom is 0.272 e. The predicted molar refractivity (Wildman–Crippen MR) is 220 cm³/mol. The third kappa shape index (κ3) is 9.14. The lowest BCUT2D eigenvalue weighted by Crippen LogP contribution is -2.47. The van der Waals surface area contributed by atoms with Crippen molar-refractivity contribution >= 4 is 68.5 Å². The minimum absolute atomic E-state index is 0.0152. The van der Waals surface area contributed by atoms with E-state index in [-0.39, 0.29) is 47.9 Å². The molecule has 0 radical (unpaired) electrons. The molecule has 59 heavy (non-hydrogen) atoms. The molecule has 15 nitrogen and oxygen atoms in total. The molecule has 0 bridgehead atoms. The summed E-state index contributed by atoms with van der Waals surface area (Å²) in [4.78, 5) is 54.9. The monoisotopic (exact) mass is 817 g/mol. The van der Waals surface area contributed by atoms with Crippen molar-refractivity contribution in [1.29, 1.82) is 5.26 Å². The Morgan fingerprint density at radius 2 is 1.78 bits per heavy atom. The molecule has 4 amide bonds. The van der Waals surface area contributed by atoms with Crippen molar-refractivity contribution in [2.45, 2.75) is 75.9 Å². The molecule has 3 N–H and O–H groups in total. The van der Waals surface area contributed by atoms with Gasteiger partial charge in [-0.05, 0) is 99.3 Å². The van der Waals surface area contributed by atoms with Crippen molar-refractivity contribution in [1.82, 2.24) is 30.9 Å². The number of imide groups is 1. The molecule has 1 atom stereocenters. The highest BCUT2D eigenvalue weighted by molar-refractivity contribution is 6.31. The molecule has 2 aromatic heterocycles. The summed E-state index contributed by atoms with van der Waals surface area (Å²) in [5.41, 5.74) is 2.41. The van der Waals surface area contributed by atoms with Gasteiger partial charge in [-0.25, -0.2) is 0 Å². The first-order chi connectivity index (χ1) is 28.7. The van der Waals surface area contributed by atoms with E-state index in [4.69, 9.17) is 26.1 Å². The molecule has 5 aromatic rings. The quantitative estimate of drug-likeness (QED) is 0.100. The van der Waals surface area contributed by atoms with Crippen LogP contribution in [0.25, 0.3) is 21.7 Å². The van der Waals surface area contributed by atoms with Crippen LogP contribution in [0, 0.1) is 11.3 Å². The first-order valence-electron chi connectivity index (χ1n) is 20.1. The minimum atomic E-state index is -0.588. The van der Waals surface area contributed by atoms with Gasteiger partial charge in [-0.3, -0.25) is 29.4 Å². The number of aromatic nitrogens is 3. The second-order valence-electron chi connectivity index (χ2n) is 15.3. The average molecular weight is 818 g/mol. The van der Waals surface area contributed by atoms with E-state index < -0.39 is 5.92 Å². The zero-order valence-electron chi connectivity index (χ0n) is 32.4. The van der Waals surface area contributed by atoms with E-state index in [0.717, 1.165) is 87.8 Å². The fourth-order valence-corrected chi connectivity index (χ4v) is 8.42. The molecule has 304 valence electrons. The van der Waals surface area contributed by atoms with Crippen LogP contribution >= 0.6 is 11.6 Å². The number of piperazine rings is 1. The highest BCUT2D eigenvalue weighted by Gasteiger charge is 2.33.